The molecule has 0 aliphatic heterocycles. The molecular formula is C21H24N2S. The van der Waals surface area contributed by atoms with Gasteiger partial charge in [0, 0.05) is 22.1 Å². The van der Waals surface area contributed by atoms with Gasteiger partial charge in [0.1, 0.15) is 0 Å². The van der Waals surface area contributed by atoms with Gasteiger partial charge in [0.05, 0.1) is 11.0 Å². The Morgan fingerprint density at radius 3 is 1.54 bits per heavy atom. The van der Waals surface area contributed by atoms with Crippen molar-refractivity contribution in [3.63, 3.8) is 0 Å². The minimum absolute atomic E-state index is 0.787. The van der Waals surface area contributed by atoms with Crippen LogP contribution >= 0.6 is 12.6 Å². The number of hydrogen-bond acceptors (Lipinski definition) is 2. The van der Waals surface area contributed by atoms with Crippen molar-refractivity contribution in [2.24, 2.45) is 0 Å². The Balaban J connectivity index is 0.000000487. The zero-order valence-corrected chi connectivity index (χ0v) is 15.3. The first-order chi connectivity index (χ1) is 11.8. The lowest BCUT2D eigenvalue weighted by Gasteiger charge is -2.07. The first kappa shape index (κ1) is 18.0. The molecule has 0 atom stereocenters. The van der Waals surface area contributed by atoms with Crippen LogP contribution in [0.3, 0.4) is 0 Å². The predicted molar refractivity (Wildman–Crippen MR) is 111 cm³/mol. The number of anilines is 1. The zero-order valence-electron chi connectivity index (χ0n) is 14.4. The van der Waals surface area contributed by atoms with Gasteiger partial charge in [0.25, 0.3) is 0 Å². The molecule has 0 unspecified atom stereocenters. The summed E-state index contributed by atoms with van der Waals surface area (Å²) >= 11 is 3.53. The number of thiol groups is 1. The third kappa shape index (κ3) is 3.26. The monoisotopic (exact) mass is 336 g/mol. The molecule has 4 aromatic rings. The molecule has 0 aliphatic rings. The molecule has 0 aliphatic carbocycles. The summed E-state index contributed by atoms with van der Waals surface area (Å²) in [6.45, 7) is 4.00. The Labute approximate surface area is 149 Å². The Morgan fingerprint density at radius 2 is 1.08 bits per heavy atom. The number of benzene rings is 3. The van der Waals surface area contributed by atoms with Gasteiger partial charge in [0.15, 0.2) is 0 Å². The lowest BCUT2D eigenvalue weighted by Crippen LogP contribution is -1.94. The molecule has 3 aromatic carbocycles. The van der Waals surface area contributed by atoms with E-state index in [-0.39, 0.29) is 0 Å². The van der Waals surface area contributed by atoms with Gasteiger partial charge in [-0.15, -0.1) is 0 Å². The normalized spacial score (nSPS) is 9.83. The molecule has 0 fully saturated rings. The first-order valence-corrected chi connectivity index (χ1v) is 9.03. The van der Waals surface area contributed by atoms with Crippen molar-refractivity contribution in [1.82, 2.24) is 4.57 Å². The summed E-state index contributed by atoms with van der Waals surface area (Å²) in [6.07, 6.45) is 1.69. The van der Waals surface area contributed by atoms with Gasteiger partial charge in [-0.3, -0.25) is 0 Å². The highest BCUT2D eigenvalue weighted by Crippen LogP contribution is 2.31. The number of hydrogen-bond donors (Lipinski definition) is 2. The van der Waals surface area contributed by atoms with Gasteiger partial charge < -0.3 is 10.3 Å². The van der Waals surface area contributed by atoms with Crippen LogP contribution in [0, 0.1) is 0 Å². The van der Waals surface area contributed by atoms with E-state index in [1.807, 2.05) is 26.0 Å². The molecule has 0 saturated carbocycles. The molecular weight excluding hydrogens is 312 g/mol. The summed E-state index contributed by atoms with van der Waals surface area (Å²) in [5.41, 5.74) is 10.2. The van der Waals surface area contributed by atoms with Crippen molar-refractivity contribution in [1.29, 1.82) is 0 Å². The average Bonchev–Trinajstić information content (AvgIpc) is 3.00. The fourth-order valence-corrected chi connectivity index (χ4v) is 2.82. The molecule has 2 nitrogen and oxygen atoms in total. The van der Waals surface area contributed by atoms with Gasteiger partial charge in [-0.25, -0.2) is 0 Å². The van der Waals surface area contributed by atoms with E-state index in [0.717, 1.165) is 11.4 Å². The Bertz CT molecular complexity index is 855. The van der Waals surface area contributed by atoms with Crippen molar-refractivity contribution >= 4 is 40.1 Å². The highest BCUT2D eigenvalue weighted by Gasteiger charge is 2.10. The smallest absolute Gasteiger partial charge is 0.0541 e. The van der Waals surface area contributed by atoms with Crippen molar-refractivity contribution in [3.05, 3.63) is 72.8 Å². The van der Waals surface area contributed by atoms with Crippen molar-refractivity contribution < 1.29 is 0 Å². The third-order valence-corrected chi connectivity index (χ3v) is 3.73. The van der Waals surface area contributed by atoms with Gasteiger partial charge in [-0.1, -0.05) is 50.2 Å². The van der Waals surface area contributed by atoms with Crippen molar-refractivity contribution in [2.75, 3.05) is 12.0 Å². The summed E-state index contributed by atoms with van der Waals surface area (Å²) in [5, 5.41) is 2.56. The largest absolute Gasteiger partial charge is 0.399 e. The second-order valence-electron chi connectivity index (χ2n) is 4.96. The molecule has 24 heavy (non-hydrogen) atoms. The molecule has 0 amide bonds. The maximum atomic E-state index is 5.80. The maximum Gasteiger partial charge on any atom is 0.0541 e. The summed E-state index contributed by atoms with van der Waals surface area (Å²) in [5.74, 6) is 0. The highest BCUT2D eigenvalue weighted by molar-refractivity contribution is 7.79. The van der Waals surface area contributed by atoms with E-state index in [1.54, 1.807) is 6.26 Å². The van der Waals surface area contributed by atoms with Crippen LogP contribution in [0.4, 0.5) is 5.69 Å². The number of nitrogens with two attached hydrogens (primary N) is 1. The van der Waals surface area contributed by atoms with Crippen molar-refractivity contribution in [2.45, 2.75) is 13.8 Å². The lowest BCUT2D eigenvalue weighted by molar-refractivity contribution is 1.18. The molecule has 1 heterocycles. The number of nitrogen functional groups attached to an aromatic ring is 1. The van der Waals surface area contributed by atoms with E-state index in [9.17, 15) is 0 Å². The molecule has 2 N–H and O–H groups in total. The van der Waals surface area contributed by atoms with Crippen LogP contribution in [-0.2, 0) is 0 Å². The van der Waals surface area contributed by atoms with Gasteiger partial charge in [-0.05, 0) is 42.7 Å². The molecule has 124 valence electrons. The van der Waals surface area contributed by atoms with Crippen LogP contribution in [0.25, 0.3) is 27.5 Å². The predicted octanol–water partition coefficient (Wildman–Crippen LogP) is 5.94. The Morgan fingerprint density at radius 1 is 0.667 bits per heavy atom. The molecule has 1 aromatic heterocycles. The topological polar surface area (TPSA) is 30.9 Å². The molecule has 4 rings (SSSR count). The fraction of sp³-hybridized carbons (Fsp3) is 0.143. The van der Waals surface area contributed by atoms with E-state index in [1.165, 1.54) is 21.8 Å². The zero-order chi connectivity index (χ0) is 17.5. The van der Waals surface area contributed by atoms with Crippen LogP contribution < -0.4 is 5.73 Å². The van der Waals surface area contributed by atoms with E-state index in [4.69, 9.17) is 5.73 Å². The van der Waals surface area contributed by atoms with Gasteiger partial charge >= 0.3 is 0 Å². The molecule has 0 radical (unpaired) electrons. The van der Waals surface area contributed by atoms with E-state index in [0.29, 0.717) is 0 Å². The average molecular weight is 337 g/mol. The fourth-order valence-electron chi connectivity index (χ4n) is 2.82. The lowest BCUT2D eigenvalue weighted by atomic mass is 10.2. The summed E-state index contributed by atoms with van der Waals surface area (Å²) in [6, 6.07) is 25.0. The van der Waals surface area contributed by atoms with E-state index < -0.39 is 0 Å². The number of fused-ring (bicyclic) bond motifs is 3. The van der Waals surface area contributed by atoms with Gasteiger partial charge in [0.2, 0.25) is 0 Å². The Kier molecular flexibility index (Phi) is 6.33. The number of para-hydroxylation sites is 2. The minimum atomic E-state index is 0.787. The van der Waals surface area contributed by atoms with Crippen LogP contribution in [-0.4, -0.2) is 10.8 Å². The van der Waals surface area contributed by atoms with E-state index in [2.05, 4.69) is 77.9 Å². The third-order valence-electron chi connectivity index (χ3n) is 3.73. The molecule has 0 spiro atoms. The van der Waals surface area contributed by atoms with Crippen LogP contribution in [0.5, 0.6) is 0 Å². The standard InChI is InChI=1S/C18H14N2.C2H6.CH4S/c19-13-9-11-14(12-10-13)20-17-7-3-1-5-15(17)16-6-2-4-8-18(16)20;2*1-2/h1-12H,19H2;1-2H3;2H,1H3. The SMILES string of the molecule is CC.CS.Nc1ccc(-n2c3ccccc3c3ccccc32)cc1. The summed E-state index contributed by atoms with van der Waals surface area (Å²) < 4.78 is 2.28. The minimum Gasteiger partial charge on any atom is -0.399 e. The summed E-state index contributed by atoms with van der Waals surface area (Å²) in [7, 11) is 0. The molecule has 0 saturated heterocycles. The second kappa shape index (κ2) is 8.46. The highest BCUT2D eigenvalue weighted by atomic mass is 32.1. The molecule has 0 bridgehead atoms. The number of aromatic nitrogens is 1. The number of nitrogens with zero attached hydrogens (tertiary/aromatic N) is 1. The second-order valence-corrected chi connectivity index (χ2v) is 4.96. The quantitative estimate of drug-likeness (QED) is 0.327. The van der Waals surface area contributed by atoms with Gasteiger partial charge in [-0.2, -0.15) is 12.6 Å². The van der Waals surface area contributed by atoms with Crippen molar-refractivity contribution in [3.8, 4) is 5.69 Å². The Hall–Kier alpha value is -2.39. The molecule has 3 heteroatoms. The van der Waals surface area contributed by atoms with Crippen LogP contribution in [0.15, 0.2) is 72.8 Å². The van der Waals surface area contributed by atoms with E-state index >= 15 is 0 Å². The maximum absolute atomic E-state index is 5.80. The number of rotatable bonds is 1. The van der Waals surface area contributed by atoms with Crippen LogP contribution in [0.1, 0.15) is 13.8 Å². The summed E-state index contributed by atoms with van der Waals surface area (Å²) in [4.78, 5) is 0. The first-order valence-electron chi connectivity index (χ1n) is 8.13. The van der Waals surface area contributed by atoms with Crippen LogP contribution in [0.2, 0.25) is 0 Å².